The Bertz CT molecular complexity index is 812. The molecule has 0 saturated heterocycles. The number of fused-ring (bicyclic) bond motifs is 1. The highest BCUT2D eigenvalue weighted by atomic mass is 79.9. The zero-order valence-electron chi connectivity index (χ0n) is 11.4. The van der Waals surface area contributed by atoms with E-state index in [1.54, 1.807) is 17.1 Å². The fourth-order valence-corrected chi connectivity index (χ4v) is 2.58. The first-order chi connectivity index (χ1) is 10.1. The van der Waals surface area contributed by atoms with E-state index < -0.39 is 0 Å². The molecule has 3 rings (SSSR count). The lowest BCUT2D eigenvalue weighted by atomic mass is 10.2. The predicted molar refractivity (Wildman–Crippen MR) is 85.0 cm³/mol. The van der Waals surface area contributed by atoms with Gasteiger partial charge in [0.05, 0.1) is 16.9 Å². The molecule has 0 aliphatic carbocycles. The number of hydrogen-bond donors (Lipinski definition) is 1. The van der Waals surface area contributed by atoms with Crippen molar-refractivity contribution in [2.24, 2.45) is 0 Å². The summed E-state index contributed by atoms with van der Waals surface area (Å²) in [6.45, 7) is 2.07. The van der Waals surface area contributed by atoms with E-state index >= 15 is 0 Å². The molecule has 5 nitrogen and oxygen atoms in total. The summed E-state index contributed by atoms with van der Waals surface area (Å²) in [5, 5.41) is 8.05. The number of halogens is 1. The third-order valence-corrected chi connectivity index (χ3v) is 3.76. The van der Waals surface area contributed by atoms with Crippen molar-refractivity contribution in [1.29, 1.82) is 0 Å². The van der Waals surface area contributed by atoms with Crippen molar-refractivity contribution in [3.05, 3.63) is 52.9 Å². The Kier molecular flexibility index (Phi) is 3.70. The Morgan fingerprint density at radius 3 is 2.95 bits per heavy atom. The van der Waals surface area contributed by atoms with Crippen molar-refractivity contribution in [3.8, 4) is 0 Å². The number of anilines is 1. The summed E-state index contributed by atoms with van der Waals surface area (Å²) in [5.41, 5.74) is 2.35. The highest BCUT2D eigenvalue weighted by Crippen LogP contribution is 2.28. The Hall–Kier alpha value is -2.21. The number of hydrogen-bond acceptors (Lipinski definition) is 3. The minimum Gasteiger partial charge on any atom is -0.323 e. The van der Waals surface area contributed by atoms with Crippen LogP contribution in [-0.2, 0) is 11.3 Å². The average molecular weight is 345 g/mol. The first-order valence-corrected chi connectivity index (χ1v) is 7.26. The van der Waals surface area contributed by atoms with Crippen LogP contribution in [-0.4, -0.2) is 20.7 Å². The van der Waals surface area contributed by atoms with Crippen LogP contribution in [0.5, 0.6) is 0 Å². The van der Waals surface area contributed by atoms with Crippen LogP contribution >= 0.6 is 15.9 Å². The molecule has 1 aromatic carbocycles. The second-order valence-electron chi connectivity index (χ2n) is 4.70. The molecule has 0 bridgehead atoms. The predicted octanol–water partition coefficient (Wildman–Crippen LogP) is 3.14. The second-order valence-corrected chi connectivity index (χ2v) is 5.55. The summed E-state index contributed by atoms with van der Waals surface area (Å²) in [4.78, 5) is 16.4. The first kappa shape index (κ1) is 13.8. The molecule has 0 fully saturated rings. The molecular weight excluding hydrogens is 332 g/mol. The van der Waals surface area contributed by atoms with E-state index in [1.165, 1.54) is 0 Å². The number of aromatic nitrogens is 3. The number of nitrogens with zero attached hydrogens (tertiary/aromatic N) is 3. The fourth-order valence-electron chi connectivity index (χ4n) is 2.13. The number of aryl methyl sites for hydroxylation is 1. The number of pyridine rings is 1. The SMILES string of the molecule is Cc1ccn(CC(=O)Nc2ccc(Br)c3cccnc23)n1. The van der Waals surface area contributed by atoms with E-state index in [1.807, 2.05) is 37.3 Å². The molecule has 0 unspecified atom stereocenters. The van der Waals surface area contributed by atoms with Gasteiger partial charge in [0.15, 0.2) is 0 Å². The lowest BCUT2D eigenvalue weighted by Crippen LogP contribution is -2.19. The molecule has 0 atom stereocenters. The number of benzene rings is 1. The Balaban J connectivity index is 1.85. The van der Waals surface area contributed by atoms with Crippen LogP contribution in [0.2, 0.25) is 0 Å². The monoisotopic (exact) mass is 344 g/mol. The molecule has 21 heavy (non-hydrogen) atoms. The van der Waals surface area contributed by atoms with Gasteiger partial charge in [-0.2, -0.15) is 5.10 Å². The maximum absolute atomic E-state index is 12.1. The van der Waals surface area contributed by atoms with Gasteiger partial charge in [0, 0.05) is 22.3 Å². The zero-order valence-corrected chi connectivity index (χ0v) is 13.0. The molecule has 6 heteroatoms. The quantitative estimate of drug-likeness (QED) is 0.793. The van der Waals surface area contributed by atoms with Gasteiger partial charge in [-0.05, 0) is 31.2 Å². The highest BCUT2D eigenvalue weighted by molar-refractivity contribution is 9.10. The van der Waals surface area contributed by atoms with E-state index in [4.69, 9.17) is 0 Å². The van der Waals surface area contributed by atoms with E-state index in [0.717, 1.165) is 21.1 Å². The number of rotatable bonds is 3. The topological polar surface area (TPSA) is 59.8 Å². The van der Waals surface area contributed by atoms with Gasteiger partial charge in [-0.1, -0.05) is 22.0 Å². The molecule has 106 valence electrons. The second kappa shape index (κ2) is 5.65. The largest absolute Gasteiger partial charge is 0.323 e. The van der Waals surface area contributed by atoms with Crippen LogP contribution in [0.1, 0.15) is 5.69 Å². The number of carbonyl (C=O) groups is 1. The standard InChI is InChI=1S/C15H13BrN4O/c1-10-6-8-20(19-10)9-14(21)18-13-5-4-12(16)11-3-2-7-17-15(11)13/h2-8H,9H2,1H3,(H,18,21). The van der Waals surface area contributed by atoms with Gasteiger partial charge >= 0.3 is 0 Å². The molecular formula is C15H13BrN4O. The molecule has 0 spiro atoms. The van der Waals surface area contributed by atoms with Crippen LogP contribution in [0.15, 0.2) is 47.2 Å². The molecule has 1 N–H and O–H groups in total. The lowest BCUT2D eigenvalue weighted by molar-refractivity contribution is -0.116. The Morgan fingerprint density at radius 2 is 2.19 bits per heavy atom. The number of amides is 1. The molecule has 1 amide bonds. The van der Waals surface area contributed by atoms with Crippen molar-refractivity contribution in [3.63, 3.8) is 0 Å². The van der Waals surface area contributed by atoms with Crippen molar-refractivity contribution in [1.82, 2.24) is 14.8 Å². The summed E-state index contributed by atoms with van der Waals surface area (Å²) < 4.78 is 2.56. The van der Waals surface area contributed by atoms with Crippen molar-refractivity contribution >= 4 is 38.4 Å². The normalized spacial score (nSPS) is 10.8. The summed E-state index contributed by atoms with van der Waals surface area (Å²) in [7, 11) is 0. The molecule has 2 heterocycles. The van der Waals surface area contributed by atoms with Gasteiger partial charge < -0.3 is 5.32 Å². The van der Waals surface area contributed by atoms with Crippen LogP contribution in [0, 0.1) is 6.92 Å². The summed E-state index contributed by atoms with van der Waals surface area (Å²) in [6.07, 6.45) is 3.49. The maximum atomic E-state index is 12.1. The smallest absolute Gasteiger partial charge is 0.246 e. The third kappa shape index (κ3) is 2.95. The van der Waals surface area contributed by atoms with Crippen molar-refractivity contribution in [2.45, 2.75) is 13.5 Å². The van der Waals surface area contributed by atoms with Gasteiger partial charge in [-0.15, -0.1) is 0 Å². The minimum atomic E-state index is -0.132. The van der Waals surface area contributed by atoms with Crippen molar-refractivity contribution in [2.75, 3.05) is 5.32 Å². The molecule has 0 saturated carbocycles. The molecule has 3 aromatic rings. The number of carbonyl (C=O) groups excluding carboxylic acids is 1. The average Bonchev–Trinajstić information content (AvgIpc) is 2.87. The highest BCUT2D eigenvalue weighted by Gasteiger charge is 2.09. The number of nitrogens with one attached hydrogen (secondary N) is 1. The molecule has 0 aliphatic heterocycles. The van der Waals surface area contributed by atoms with Crippen molar-refractivity contribution < 1.29 is 4.79 Å². The molecule has 0 aliphatic rings. The van der Waals surface area contributed by atoms with E-state index in [2.05, 4.69) is 31.3 Å². The fraction of sp³-hybridized carbons (Fsp3) is 0.133. The molecule has 2 aromatic heterocycles. The van der Waals surface area contributed by atoms with Crippen LogP contribution < -0.4 is 5.32 Å². The van der Waals surface area contributed by atoms with Gasteiger partial charge in [0.1, 0.15) is 6.54 Å². The zero-order chi connectivity index (χ0) is 14.8. The summed E-state index contributed by atoms with van der Waals surface area (Å²) in [6, 6.07) is 9.43. The van der Waals surface area contributed by atoms with E-state index in [-0.39, 0.29) is 12.5 Å². The maximum Gasteiger partial charge on any atom is 0.246 e. The van der Waals surface area contributed by atoms with Gasteiger partial charge in [-0.25, -0.2) is 0 Å². The summed E-state index contributed by atoms with van der Waals surface area (Å²) >= 11 is 3.49. The lowest BCUT2D eigenvalue weighted by Gasteiger charge is -2.09. The van der Waals surface area contributed by atoms with E-state index in [9.17, 15) is 4.79 Å². The Morgan fingerprint density at radius 1 is 1.33 bits per heavy atom. The molecule has 0 radical (unpaired) electrons. The third-order valence-electron chi connectivity index (χ3n) is 3.07. The van der Waals surface area contributed by atoms with Crippen LogP contribution in [0.3, 0.4) is 0 Å². The van der Waals surface area contributed by atoms with Gasteiger partial charge in [-0.3, -0.25) is 14.5 Å². The van der Waals surface area contributed by atoms with Gasteiger partial charge in [0.2, 0.25) is 5.91 Å². The Labute approximate surface area is 130 Å². The minimum absolute atomic E-state index is 0.132. The van der Waals surface area contributed by atoms with Crippen LogP contribution in [0.4, 0.5) is 5.69 Å². The van der Waals surface area contributed by atoms with Gasteiger partial charge in [0.25, 0.3) is 0 Å². The first-order valence-electron chi connectivity index (χ1n) is 6.46. The summed E-state index contributed by atoms with van der Waals surface area (Å²) in [5.74, 6) is -0.132. The van der Waals surface area contributed by atoms with E-state index in [0.29, 0.717) is 5.69 Å². The van der Waals surface area contributed by atoms with Crippen LogP contribution in [0.25, 0.3) is 10.9 Å².